The van der Waals surface area contributed by atoms with Crippen molar-refractivity contribution in [2.24, 2.45) is 5.92 Å². The van der Waals surface area contributed by atoms with E-state index >= 15 is 0 Å². The Bertz CT molecular complexity index is 1110. The van der Waals surface area contributed by atoms with Gasteiger partial charge in [-0.05, 0) is 67.5 Å². The summed E-state index contributed by atoms with van der Waals surface area (Å²) in [7, 11) is 0. The molecular formula is C26H29N3O3. The highest BCUT2D eigenvalue weighted by atomic mass is 16.2. The Morgan fingerprint density at radius 2 is 1.62 bits per heavy atom. The first-order valence-corrected chi connectivity index (χ1v) is 11.1. The van der Waals surface area contributed by atoms with Gasteiger partial charge >= 0.3 is 0 Å². The summed E-state index contributed by atoms with van der Waals surface area (Å²) in [6.45, 7) is 9.09. The summed E-state index contributed by atoms with van der Waals surface area (Å²) in [6, 6.07) is 12.8. The maximum atomic E-state index is 13.7. The molecule has 2 aliphatic heterocycles. The second-order valence-electron chi connectivity index (χ2n) is 8.82. The van der Waals surface area contributed by atoms with Gasteiger partial charge in [0.1, 0.15) is 5.70 Å². The van der Waals surface area contributed by atoms with Crippen molar-refractivity contribution in [3.63, 3.8) is 0 Å². The molecule has 1 fully saturated rings. The molecule has 2 heterocycles. The molecule has 3 amide bonds. The fourth-order valence-corrected chi connectivity index (χ4v) is 4.42. The molecule has 0 radical (unpaired) electrons. The van der Waals surface area contributed by atoms with Crippen molar-refractivity contribution in [3.8, 4) is 0 Å². The van der Waals surface area contributed by atoms with Crippen LogP contribution in [0.2, 0.25) is 0 Å². The number of carbonyl (C=O) groups excluding carboxylic acids is 3. The fraction of sp³-hybridized carbons (Fsp3) is 0.346. The van der Waals surface area contributed by atoms with Crippen molar-refractivity contribution >= 4 is 34.7 Å². The molecule has 2 aromatic carbocycles. The number of imide groups is 1. The topological polar surface area (TPSA) is 69.7 Å². The lowest BCUT2D eigenvalue weighted by Gasteiger charge is -2.32. The van der Waals surface area contributed by atoms with Crippen LogP contribution in [0.3, 0.4) is 0 Å². The standard InChI is InChI=1S/C26H29N3O3/c1-16-12-14-28(15-13-16)24-23(20-8-10-21(11-9-20)27-19(4)30)25(31)29(26(24)32)22-7-5-6-17(2)18(22)3/h5-11,16H,12-15H2,1-4H3,(H,27,30). The lowest BCUT2D eigenvalue weighted by molar-refractivity contribution is -0.121. The zero-order valence-electron chi connectivity index (χ0n) is 19.1. The minimum Gasteiger partial charge on any atom is -0.366 e. The van der Waals surface area contributed by atoms with Crippen LogP contribution in [-0.2, 0) is 14.4 Å². The zero-order chi connectivity index (χ0) is 23.0. The average Bonchev–Trinajstić information content (AvgIpc) is 3.01. The molecule has 0 aliphatic carbocycles. The maximum absolute atomic E-state index is 13.7. The van der Waals surface area contributed by atoms with Crippen LogP contribution >= 0.6 is 0 Å². The van der Waals surface area contributed by atoms with E-state index in [0.29, 0.717) is 34.1 Å². The van der Waals surface area contributed by atoms with Crippen LogP contribution in [0.15, 0.2) is 48.2 Å². The highest BCUT2D eigenvalue weighted by Gasteiger charge is 2.43. The van der Waals surface area contributed by atoms with Crippen molar-refractivity contribution in [2.75, 3.05) is 23.3 Å². The van der Waals surface area contributed by atoms with E-state index in [1.54, 1.807) is 24.3 Å². The lowest BCUT2D eigenvalue weighted by atomic mass is 9.97. The largest absolute Gasteiger partial charge is 0.366 e. The third-order valence-corrected chi connectivity index (χ3v) is 6.47. The summed E-state index contributed by atoms with van der Waals surface area (Å²) >= 11 is 0. The van der Waals surface area contributed by atoms with Crippen molar-refractivity contribution in [2.45, 2.75) is 40.5 Å². The van der Waals surface area contributed by atoms with Crippen LogP contribution in [0.1, 0.15) is 43.4 Å². The number of amides is 3. The second-order valence-corrected chi connectivity index (χ2v) is 8.82. The predicted octanol–water partition coefficient (Wildman–Crippen LogP) is 4.28. The van der Waals surface area contributed by atoms with Gasteiger partial charge < -0.3 is 10.2 Å². The smallest absolute Gasteiger partial charge is 0.282 e. The fourth-order valence-electron chi connectivity index (χ4n) is 4.42. The Morgan fingerprint density at radius 1 is 0.969 bits per heavy atom. The number of piperidine rings is 1. The predicted molar refractivity (Wildman–Crippen MR) is 126 cm³/mol. The molecule has 2 aromatic rings. The van der Waals surface area contributed by atoms with Gasteiger partial charge in [0.15, 0.2) is 0 Å². The van der Waals surface area contributed by atoms with Gasteiger partial charge in [-0.25, -0.2) is 4.90 Å². The van der Waals surface area contributed by atoms with Crippen molar-refractivity contribution in [3.05, 3.63) is 64.9 Å². The molecule has 0 spiro atoms. The first kappa shape index (κ1) is 21.8. The SMILES string of the molecule is CC(=O)Nc1ccc(C2=C(N3CCC(C)CC3)C(=O)N(c3cccc(C)c3C)C2=O)cc1. The quantitative estimate of drug-likeness (QED) is 0.734. The molecule has 1 saturated heterocycles. The number of rotatable bonds is 4. The molecule has 0 unspecified atom stereocenters. The summed E-state index contributed by atoms with van der Waals surface area (Å²) in [5.41, 5.74) is 4.83. The molecular weight excluding hydrogens is 402 g/mol. The third kappa shape index (κ3) is 3.93. The Hall–Kier alpha value is -3.41. The van der Waals surface area contributed by atoms with E-state index in [0.717, 1.165) is 37.1 Å². The molecule has 0 aromatic heterocycles. The van der Waals surface area contributed by atoms with E-state index in [2.05, 4.69) is 17.1 Å². The number of nitrogens with one attached hydrogen (secondary N) is 1. The number of benzene rings is 2. The molecule has 6 nitrogen and oxygen atoms in total. The Labute approximate surface area is 188 Å². The van der Waals surface area contributed by atoms with Crippen LogP contribution in [0, 0.1) is 19.8 Å². The van der Waals surface area contributed by atoms with E-state index in [1.807, 2.05) is 32.0 Å². The van der Waals surface area contributed by atoms with E-state index in [-0.39, 0.29) is 17.7 Å². The molecule has 2 aliphatic rings. The van der Waals surface area contributed by atoms with Crippen LogP contribution in [0.5, 0.6) is 0 Å². The van der Waals surface area contributed by atoms with Gasteiger partial charge in [0.2, 0.25) is 5.91 Å². The van der Waals surface area contributed by atoms with Gasteiger partial charge in [0, 0.05) is 25.7 Å². The van der Waals surface area contributed by atoms with Crippen molar-refractivity contribution in [1.82, 2.24) is 4.90 Å². The van der Waals surface area contributed by atoms with Gasteiger partial charge in [-0.15, -0.1) is 0 Å². The lowest BCUT2D eigenvalue weighted by Crippen LogP contribution is -2.38. The number of hydrogen-bond acceptors (Lipinski definition) is 4. The molecule has 0 atom stereocenters. The molecule has 0 saturated carbocycles. The monoisotopic (exact) mass is 431 g/mol. The molecule has 4 rings (SSSR count). The highest BCUT2D eigenvalue weighted by Crippen LogP contribution is 2.38. The minimum atomic E-state index is -0.301. The minimum absolute atomic E-state index is 0.159. The number of anilines is 2. The maximum Gasteiger partial charge on any atom is 0.282 e. The molecule has 32 heavy (non-hydrogen) atoms. The molecule has 6 heteroatoms. The summed E-state index contributed by atoms with van der Waals surface area (Å²) in [5.74, 6) is -0.119. The van der Waals surface area contributed by atoms with Gasteiger partial charge in [-0.1, -0.05) is 31.2 Å². The van der Waals surface area contributed by atoms with E-state index in [1.165, 1.54) is 11.8 Å². The Kier molecular flexibility index (Phi) is 5.87. The van der Waals surface area contributed by atoms with Crippen LogP contribution in [0.4, 0.5) is 11.4 Å². The van der Waals surface area contributed by atoms with Crippen molar-refractivity contribution < 1.29 is 14.4 Å². The van der Waals surface area contributed by atoms with Crippen LogP contribution < -0.4 is 10.2 Å². The summed E-state index contributed by atoms with van der Waals surface area (Å²) in [5, 5.41) is 2.74. The number of hydrogen-bond donors (Lipinski definition) is 1. The number of likely N-dealkylation sites (tertiary alicyclic amines) is 1. The molecule has 0 bridgehead atoms. The van der Waals surface area contributed by atoms with Gasteiger partial charge in [-0.2, -0.15) is 0 Å². The number of aryl methyl sites for hydroxylation is 1. The van der Waals surface area contributed by atoms with Crippen LogP contribution in [0.25, 0.3) is 5.57 Å². The van der Waals surface area contributed by atoms with E-state index in [4.69, 9.17) is 0 Å². The normalized spacial score (nSPS) is 17.4. The number of nitrogens with zero attached hydrogens (tertiary/aromatic N) is 2. The Morgan fingerprint density at radius 3 is 2.25 bits per heavy atom. The Balaban J connectivity index is 1.79. The highest BCUT2D eigenvalue weighted by molar-refractivity contribution is 6.45. The summed E-state index contributed by atoms with van der Waals surface area (Å²) in [4.78, 5) is 42.2. The summed E-state index contributed by atoms with van der Waals surface area (Å²) in [6.07, 6.45) is 1.98. The summed E-state index contributed by atoms with van der Waals surface area (Å²) < 4.78 is 0. The van der Waals surface area contributed by atoms with E-state index in [9.17, 15) is 14.4 Å². The first-order valence-electron chi connectivity index (χ1n) is 11.1. The van der Waals surface area contributed by atoms with E-state index < -0.39 is 0 Å². The van der Waals surface area contributed by atoms with Crippen molar-refractivity contribution in [1.29, 1.82) is 0 Å². The van der Waals surface area contributed by atoms with Gasteiger partial charge in [0.05, 0.1) is 11.3 Å². The first-order chi connectivity index (χ1) is 15.3. The molecule has 166 valence electrons. The zero-order valence-corrected chi connectivity index (χ0v) is 19.1. The van der Waals surface area contributed by atoms with Gasteiger partial charge in [-0.3, -0.25) is 14.4 Å². The molecule has 1 N–H and O–H groups in total. The van der Waals surface area contributed by atoms with Crippen LogP contribution in [-0.4, -0.2) is 35.7 Å². The third-order valence-electron chi connectivity index (χ3n) is 6.47. The number of carbonyl (C=O) groups is 3. The van der Waals surface area contributed by atoms with Gasteiger partial charge in [0.25, 0.3) is 11.8 Å². The average molecular weight is 432 g/mol. The second kappa shape index (κ2) is 8.61.